The van der Waals surface area contributed by atoms with Crippen molar-refractivity contribution >= 4 is 22.7 Å². The lowest BCUT2D eigenvalue weighted by Crippen LogP contribution is -2.11. The fraction of sp³-hybridized carbons (Fsp3) is 0.222. The number of aromatic nitrogens is 4. The number of hydrogen-bond donors (Lipinski definition) is 0. The average Bonchev–Trinajstić information content (AvgIpc) is 3.24. The van der Waals surface area contributed by atoms with Crippen molar-refractivity contribution in [1.29, 1.82) is 0 Å². The summed E-state index contributed by atoms with van der Waals surface area (Å²) in [5.41, 5.74) is 0.913. The SMILES string of the molecule is Cc1cc(-c2nnc(CSc3nc(C(F)(F)F)nc4ccccc34)o2)c(C)o1. The molecule has 0 spiro atoms. The highest BCUT2D eigenvalue weighted by atomic mass is 32.2. The first-order valence-corrected chi connectivity index (χ1v) is 9.16. The standard InChI is InChI=1S/C18H13F3N4O2S/c1-9-7-12(10(2)26-9)15-25-24-14(27-15)8-28-16-11-5-3-4-6-13(11)22-17(23-16)18(19,20)21/h3-7H,8H2,1-2H3. The minimum absolute atomic E-state index is 0.168. The number of thioether (sulfide) groups is 1. The van der Waals surface area contributed by atoms with Crippen molar-refractivity contribution in [3.8, 4) is 11.5 Å². The molecule has 3 aromatic heterocycles. The highest BCUT2D eigenvalue weighted by Crippen LogP contribution is 2.33. The van der Waals surface area contributed by atoms with Crippen LogP contribution in [0.3, 0.4) is 0 Å². The van der Waals surface area contributed by atoms with E-state index in [0.717, 1.165) is 11.8 Å². The van der Waals surface area contributed by atoms with Crippen LogP contribution < -0.4 is 0 Å². The molecular weight excluding hydrogens is 393 g/mol. The summed E-state index contributed by atoms with van der Waals surface area (Å²) in [7, 11) is 0. The smallest absolute Gasteiger partial charge is 0.451 e. The van der Waals surface area contributed by atoms with E-state index in [2.05, 4.69) is 20.2 Å². The van der Waals surface area contributed by atoms with Crippen LogP contribution in [0, 0.1) is 13.8 Å². The van der Waals surface area contributed by atoms with Gasteiger partial charge in [-0.3, -0.25) is 0 Å². The number of para-hydroxylation sites is 1. The Labute approximate surface area is 161 Å². The normalized spacial score (nSPS) is 12.0. The molecule has 6 nitrogen and oxygen atoms in total. The van der Waals surface area contributed by atoms with Crippen molar-refractivity contribution in [3.63, 3.8) is 0 Å². The second-order valence-corrected chi connectivity index (χ2v) is 6.95. The number of nitrogens with zero attached hydrogens (tertiary/aromatic N) is 4. The predicted molar refractivity (Wildman–Crippen MR) is 95.6 cm³/mol. The van der Waals surface area contributed by atoms with Crippen LogP contribution in [0.4, 0.5) is 13.2 Å². The zero-order chi connectivity index (χ0) is 19.9. The second kappa shape index (κ2) is 6.93. The fourth-order valence-corrected chi connectivity index (χ4v) is 3.53. The Morgan fingerprint density at radius 1 is 1.04 bits per heavy atom. The summed E-state index contributed by atoms with van der Waals surface area (Å²) in [6.45, 7) is 3.59. The third-order valence-corrected chi connectivity index (χ3v) is 4.87. The van der Waals surface area contributed by atoms with Crippen LogP contribution in [0.25, 0.3) is 22.4 Å². The molecule has 28 heavy (non-hydrogen) atoms. The Morgan fingerprint density at radius 3 is 2.54 bits per heavy atom. The van der Waals surface area contributed by atoms with Crippen molar-refractivity contribution < 1.29 is 22.0 Å². The number of hydrogen-bond acceptors (Lipinski definition) is 7. The molecule has 0 aliphatic rings. The van der Waals surface area contributed by atoms with Gasteiger partial charge in [0.15, 0.2) is 0 Å². The molecule has 0 aliphatic carbocycles. The van der Waals surface area contributed by atoms with Crippen LogP contribution in [0.15, 0.2) is 44.2 Å². The summed E-state index contributed by atoms with van der Waals surface area (Å²) in [6, 6.07) is 8.33. The van der Waals surface area contributed by atoms with Crippen molar-refractivity contribution in [2.24, 2.45) is 0 Å². The summed E-state index contributed by atoms with van der Waals surface area (Å²) in [5.74, 6) is 0.930. The molecule has 144 valence electrons. The van der Waals surface area contributed by atoms with Crippen LogP contribution >= 0.6 is 11.8 Å². The van der Waals surface area contributed by atoms with Crippen LogP contribution in [-0.4, -0.2) is 20.2 Å². The van der Waals surface area contributed by atoms with Crippen LogP contribution in [0.1, 0.15) is 23.2 Å². The molecule has 3 heterocycles. The van der Waals surface area contributed by atoms with Gasteiger partial charge in [-0.2, -0.15) is 13.2 Å². The van der Waals surface area contributed by atoms with Gasteiger partial charge < -0.3 is 8.83 Å². The number of halogens is 3. The summed E-state index contributed by atoms with van der Waals surface area (Å²) in [6.07, 6.45) is -4.63. The highest BCUT2D eigenvalue weighted by molar-refractivity contribution is 7.98. The van der Waals surface area contributed by atoms with Gasteiger partial charge in [0.2, 0.25) is 11.7 Å². The molecule has 0 radical (unpaired) electrons. The van der Waals surface area contributed by atoms with Crippen molar-refractivity contribution in [3.05, 3.63) is 53.6 Å². The third-order valence-electron chi connectivity index (χ3n) is 3.89. The lowest BCUT2D eigenvalue weighted by atomic mass is 10.2. The number of aryl methyl sites for hydroxylation is 2. The summed E-state index contributed by atoms with van der Waals surface area (Å²) < 4.78 is 50.4. The summed E-state index contributed by atoms with van der Waals surface area (Å²) >= 11 is 1.08. The first kappa shape index (κ1) is 18.5. The van der Waals surface area contributed by atoms with E-state index in [0.29, 0.717) is 28.4 Å². The fourth-order valence-electron chi connectivity index (χ4n) is 2.68. The van der Waals surface area contributed by atoms with E-state index in [4.69, 9.17) is 8.83 Å². The Bertz CT molecular complexity index is 1150. The third kappa shape index (κ3) is 3.59. The Hall–Kier alpha value is -2.88. The first-order chi connectivity index (χ1) is 13.3. The molecule has 0 bridgehead atoms. The largest absolute Gasteiger partial charge is 0.466 e. The van der Waals surface area contributed by atoms with Gasteiger partial charge >= 0.3 is 6.18 Å². The molecule has 0 unspecified atom stereocenters. The van der Waals surface area contributed by atoms with E-state index < -0.39 is 12.0 Å². The van der Waals surface area contributed by atoms with Crippen LogP contribution in [-0.2, 0) is 11.9 Å². The summed E-state index contributed by atoms with van der Waals surface area (Å²) in [4.78, 5) is 7.30. The molecule has 1 aromatic carbocycles. The maximum atomic E-state index is 13.1. The van der Waals surface area contributed by atoms with Gasteiger partial charge in [-0.15, -0.1) is 10.2 Å². The Kier molecular flexibility index (Phi) is 4.58. The molecular formula is C18H13F3N4O2S. The average molecular weight is 406 g/mol. The first-order valence-electron chi connectivity index (χ1n) is 8.18. The Balaban J connectivity index is 1.62. The zero-order valence-electron chi connectivity index (χ0n) is 14.7. The molecule has 0 saturated heterocycles. The molecule has 4 aromatic rings. The molecule has 0 saturated carbocycles. The van der Waals surface area contributed by atoms with E-state index >= 15 is 0 Å². The molecule has 0 fully saturated rings. The number of alkyl halides is 3. The van der Waals surface area contributed by atoms with Gasteiger partial charge in [0, 0.05) is 5.39 Å². The van der Waals surface area contributed by atoms with E-state index in [1.54, 1.807) is 31.2 Å². The Morgan fingerprint density at radius 2 is 1.82 bits per heavy atom. The van der Waals surface area contributed by atoms with Gasteiger partial charge in [-0.1, -0.05) is 30.0 Å². The van der Waals surface area contributed by atoms with E-state index in [9.17, 15) is 13.2 Å². The van der Waals surface area contributed by atoms with Crippen LogP contribution in [0.5, 0.6) is 0 Å². The van der Waals surface area contributed by atoms with Gasteiger partial charge in [0.05, 0.1) is 16.8 Å². The molecule has 0 N–H and O–H groups in total. The summed E-state index contributed by atoms with van der Waals surface area (Å²) in [5, 5.41) is 8.68. The maximum absolute atomic E-state index is 13.1. The van der Waals surface area contributed by atoms with Crippen molar-refractivity contribution in [2.45, 2.75) is 30.8 Å². The van der Waals surface area contributed by atoms with Gasteiger partial charge in [-0.25, -0.2) is 9.97 Å². The molecule has 0 atom stereocenters. The van der Waals surface area contributed by atoms with Crippen molar-refractivity contribution in [1.82, 2.24) is 20.2 Å². The number of rotatable bonds is 4. The second-order valence-electron chi connectivity index (χ2n) is 5.98. The lowest BCUT2D eigenvalue weighted by molar-refractivity contribution is -0.145. The van der Waals surface area contributed by atoms with Gasteiger partial charge in [-0.05, 0) is 26.0 Å². The number of fused-ring (bicyclic) bond motifs is 1. The molecule has 0 amide bonds. The van der Waals surface area contributed by atoms with E-state index in [1.165, 1.54) is 6.07 Å². The molecule has 4 rings (SSSR count). The highest BCUT2D eigenvalue weighted by Gasteiger charge is 2.35. The van der Waals surface area contributed by atoms with Gasteiger partial charge in [0.1, 0.15) is 16.5 Å². The van der Waals surface area contributed by atoms with E-state index in [1.807, 2.05) is 6.92 Å². The van der Waals surface area contributed by atoms with E-state index in [-0.39, 0.29) is 22.2 Å². The maximum Gasteiger partial charge on any atom is 0.451 e. The lowest BCUT2D eigenvalue weighted by Gasteiger charge is -2.09. The van der Waals surface area contributed by atoms with Crippen LogP contribution in [0.2, 0.25) is 0 Å². The number of furan rings is 1. The van der Waals surface area contributed by atoms with Gasteiger partial charge in [0.25, 0.3) is 5.89 Å². The monoisotopic (exact) mass is 406 g/mol. The topological polar surface area (TPSA) is 77.8 Å². The van der Waals surface area contributed by atoms with Crippen molar-refractivity contribution in [2.75, 3.05) is 0 Å². The molecule has 10 heteroatoms. The number of benzene rings is 1. The minimum atomic E-state index is -4.63. The zero-order valence-corrected chi connectivity index (χ0v) is 15.6. The quantitative estimate of drug-likeness (QED) is 0.340. The predicted octanol–water partition coefficient (Wildman–Crippen LogP) is 5.20. The minimum Gasteiger partial charge on any atom is -0.466 e. The molecule has 0 aliphatic heterocycles.